The summed E-state index contributed by atoms with van der Waals surface area (Å²) >= 11 is 0. The fraction of sp³-hybridized carbons (Fsp3) is 0.222. The minimum Gasteiger partial charge on any atom is -0.492 e. The van der Waals surface area contributed by atoms with Gasteiger partial charge in [-0.05, 0) is 48.4 Å². The van der Waals surface area contributed by atoms with E-state index in [1.807, 2.05) is 0 Å². The van der Waals surface area contributed by atoms with Gasteiger partial charge in [0.15, 0.2) is 5.78 Å². The van der Waals surface area contributed by atoms with Crippen LogP contribution in [0.2, 0.25) is 0 Å². The summed E-state index contributed by atoms with van der Waals surface area (Å²) in [7, 11) is 0. The third-order valence-corrected chi connectivity index (χ3v) is 3.67. The van der Waals surface area contributed by atoms with Crippen molar-refractivity contribution in [3.05, 3.63) is 59.2 Å². The third-order valence-electron chi connectivity index (χ3n) is 3.67. The van der Waals surface area contributed by atoms with Gasteiger partial charge in [0.25, 0.3) is 0 Å². The number of Topliss-reactive ketones (excluding diaryl/α,β-unsaturated/α-hetero) is 1. The number of carbonyl (C=O) groups excluding carboxylic acids is 2. The van der Waals surface area contributed by atoms with E-state index >= 15 is 0 Å². The number of carbonyl (C=O) groups is 2. The Balaban J connectivity index is 0.000000141. The van der Waals surface area contributed by atoms with Gasteiger partial charge in [-0.1, -0.05) is 0 Å². The Morgan fingerprint density at radius 3 is 2.33 bits per heavy atom. The zero-order valence-corrected chi connectivity index (χ0v) is 12.7. The van der Waals surface area contributed by atoms with E-state index in [1.165, 1.54) is 36.4 Å². The number of hydrogen-bond acceptors (Lipinski definition) is 4. The first-order valence-electron chi connectivity index (χ1n) is 7.47. The van der Waals surface area contributed by atoms with Crippen molar-refractivity contribution >= 4 is 11.8 Å². The van der Waals surface area contributed by atoms with Crippen molar-refractivity contribution in [2.24, 2.45) is 0 Å². The summed E-state index contributed by atoms with van der Waals surface area (Å²) in [6, 6.07) is 8.18. The summed E-state index contributed by atoms with van der Waals surface area (Å²) in [6.45, 7) is 0.400. The van der Waals surface area contributed by atoms with E-state index in [-0.39, 0.29) is 17.6 Å². The molecule has 2 heterocycles. The lowest BCUT2D eigenvalue weighted by molar-refractivity contribution is -0.135. The van der Waals surface area contributed by atoms with E-state index in [4.69, 9.17) is 9.47 Å². The number of benzene rings is 2. The number of esters is 1. The summed E-state index contributed by atoms with van der Waals surface area (Å²) < 4.78 is 35.4. The van der Waals surface area contributed by atoms with E-state index in [1.54, 1.807) is 0 Å². The van der Waals surface area contributed by atoms with Crippen LogP contribution in [0.15, 0.2) is 36.4 Å². The Bertz CT molecular complexity index is 802. The van der Waals surface area contributed by atoms with E-state index in [0.29, 0.717) is 42.9 Å². The second-order valence-electron chi connectivity index (χ2n) is 5.39. The second kappa shape index (κ2) is 6.78. The zero-order chi connectivity index (χ0) is 17.1. The van der Waals surface area contributed by atoms with Crippen molar-refractivity contribution < 1.29 is 27.8 Å². The molecule has 24 heavy (non-hydrogen) atoms. The fourth-order valence-corrected chi connectivity index (χ4v) is 2.49. The minimum atomic E-state index is -0.396. The van der Waals surface area contributed by atoms with E-state index in [9.17, 15) is 18.4 Å². The van der Waals surface area contributed by atoms with Gasteiger partial charge in [-0.2, -0.15) is 0 Å². The molecule has 2 aromatic rings. The third kappa shape index (κ3) is 3.59. The Morgan fingerprint density at radius 2 is 1.54 bits per heavy atom. The average molecular weight is 332 g/mol. The van der Waals surface area contributed by atoms with Gasteiger partial charge in [-0.25, -0.2) is 8.78 Å². The Labute approximate surface area is 137 Å². The molecule has 124 valence electrons. The van der Waals surface area contributed by atoms with Gasteiger partial charge >= 0.3 is 5.97 Å². The van der Waals surface area contributed by atoms with Gasteiger partial charge in [-0.15, -0.1) is 0 Å². The first-order valence-corrected chi connectivity index (χ1v) is 7.47. The predicted octanol–water partition coefficient (Wildman–Crippen LogP) is 3.47. The molecule has 0 N–H and O–H groups in total. The molecule has 4 rings (SSSR count). The quantitative estimate of drug-likeness (QED) is 0.547. The lowest BCUT2D eigenvalue weighted by atomic mass is 10.1. The molecule has 2 aliphatic rings. The molecule has 0 fully saturated rings. The van der Waals surface area contributed by atoms with Crippen molar-refractivity contribution in [3.8, 4) is 11.5 Å². The predicted molar refractivity (Wildman–Crippen MR) is 81.2 cm³/mol. The molecule has 0 saturated heterocycles. The number of halogens is 2. The Kier molecular flexibility index (Phi) is 4.55. The molecule has 6 heteroatoms. The van der Waals surface area contributed by atoms with Crippen LogP contribution in [0.4, 0.5) is 8.78 Å². The molecule has 0 radical (unpaired) electrons. The summed E-state index contributed by atoms with van der Waals surface area (Å²) in [5.41, 5.74) is 1.14. The largest absolute Gasteiger partial charge is 0.492 e. The van der Waals surface area contributed by atoms with Crippen molar-refractivity contribution in [2.75, 3.05) is 6.61 Å². The molecule has 0 aliphatic carbocycles. The molecule has 0 saturated carbocycles. The fourth-order valence-electron chi connectivity index (χ4n) is 2.49. The summed E-state index contributed by atoms with van der Waals surface area (Å²) in [5.74, 6) is 0.0180. The van der Waals surface area contributed by atoms with Crippen molar-refractivity contribution in [2.45, 2.75) is 19.3 Å². The molecule has 0 unspecified atom stereocenters. The number of ether oxygens (including phenoxy) is 2. The lowest BCUT2D eigenvalue weighted by Crippen LogP contribution is -2.15. The lowest BCUT2D eigenvalue weighted by Gasteiger charge is -2.15. The number of rotatable bonds is 0. The van der Waals surface area contributed by atoms with Gasteiger partial charge < -0.3 is 9.47 Å². The van der Waals surface area contributed by atoms with Crippen LogP contribution in [0.25, 0.3) is 0 Å². The van der Waals surface area contributed by atoms with Crippen LogP contribution in [0.3, 0.4) is 0 Å². The van der Waals surface area contributed by atoms with Crippen LogP contribution in [0.1, 0.15) is 28.8 Å². The van der Waals surface area contributed by atoms with Crippen molar-refractivity contribution in [3.63, 3.8) is 0 Å². The van der Waals surface area contributed by atoms with Gasteiger partial charge in [0.2, 0.25) is 0 Å². The highest BCUT2D eigenvalue weighted by Gasteiger charge is 2.18. The monoisotopic (exact) mass is 332 g/mol. The SMILES string of the molecule is O=C1CCOc2ccc(F)cc21.O=C1CCc2cc(F)ccc2O1. The van der Waals surface area contributed by atoms with Crippen molar-refractivity contribution in [1.82, 2.24) is 0 Å². The Hall–Kier alpha value is -2.76. The van der Waals surface area contributed by atoms with E-state index < -0.39 is 5.82 Å². The van der Waals surface area contributed by atoms with Gasteiger partial charge in [0.05, 0.1) is 18.6 Å². The van der Waals surface area contributed by atoms with Crippen LogP contribution < -0.4 is 9.47 Å². The average Bonchev–Trinajstić information content (AvgIpc) is 2.57. The van der Waals surface area contributed by atoms with Gasteiger partial charge in [0, 0.05) is 6.42 Å². The van der Waals surface area contributed by atoms with Crippen LogP contribution in [0.5, 0.6) is 11.5 Å². The van der Waals surface area contributed by atoms with E-state index in [0.717, 1.165) is 5.56 Å². The summed E-state index contributed by atoms with van der Waals surface area (Å²) in [6.07, 6.45) is 1.26. The molecule has 2 aromatic carbocycles. The highest BCUT2D eigenvalue weighted by Crippen LogP contribution is 2.26. The number of ketones is 1. The first-order chi connectivity index (χ1) is 11.5. The van der Waals surface area contributed by atoms with Crippen molar-refractivity contribution in [1.29, 1.82) is 0 Å². The van der Waals surface area contributed by atoms with E-state index in [2.05, 4.69) is 0 Å². The molecule has 4 nitrogen and oxygen atoms in total. The molecular weight excluding hydrogens is 318 g/mol. The number of fused-ring (bicyclic) bond motifs is 2. The van der Waals surface area contributed by atoms with Crippen LogP contribution >= 0.6 is 0 Å². The van der Waals surface area contributed by atoms with Gasteiger partial charge in [0.1, 0.15) is 23.1 Å². The normalized spacial score (nSPS) is 15.2. The van der Waals surface area contributed by atoms with Gasteiger partial charge in [-0.3, -0.25) is 9.59 Å². The Morgan fingerprint density at radius 1 is 0.833 bits per heavy atom. The maximum atomic E-state index is 12.7. The molecule has 0 aromatic heterocycles. The topological polar surface area (TPSA) is 52.6 Å². The molecule has 0 spiro atoms. The molecule has 0 bridgehead atoms. The first kappa shape index (κ1) is 16.1. The second-order valence-corrected chi connectivity index (χ2v) is 5.39. The highest BCUT2D eigenvalue weighted by molar-refractivity contribution is 5.99. The zero-order valence-electron chi connectivity index (χ0n) is 12.7. The molecule has 0 amide bonds. The maximum absolute atomic E-state index is 12.7. The number of hydrogen-bond donors (Lipinski definition) is 0. The smallest absolute Gasteiger partial charge is 0.311 e. The minimum absolute atomic E-state index is 0.0456. The summed E-state index contributed by atoms with van der Waals surface area (Å²) in [5, 5.41) is 0. The molecular formula is C18H14F2O4. The number of aryl methyl sites for hydroxylation is 1. The maximum Gasteiger partial charge on any atom is 0.311 e. The standard InChI is InChI=1S/2C9H7FO2/c10-7-2-3-8-6(5-7)1-4-9(11)12-8;10-6-1-2-9-7(5-6)8(11)3-4-12-9/h2-3,5H,1,4H2;1-2,5H,3-4H2. The van der Waals surface area contributed by atoms with Crippen LogP contribution in [0, 0.1) is 11.6 Å². The summed E-state index contributed by atoms with van der Waals surface area (Å²) in [4.78, 5) is 22.0. The molecule has 2 aliphatic heterocycles. The molecule has 0 atom stereocenters. The van der Waals surface area contributed by atoms with Crippen LogP contribution in [-0.2, 0) is 11.2 Å². The van der Waals surface area contributed by atoms with Crippen LogP contribution in [-0.4, -0.2) is 18.4 Å². The highest BCUT2D eigenvalue weighted by atomic mass is 19.1.